The molecular formula is C31H40N6O4. The van der Waals surface area contributed by atoms with Crippen molar-refractivity contribution in [2.24, 2.45) is 7.05 Å². The van der Waals surface area contributed by atoms with E-state index in [2.05, 4.69) is 16.1 Å². The standard InChI is InChI=1S/C31H40N6O4/c1-19(2)37(30(38)41-31(4,5)6)22-13-14-36(17-22)27-12-11-25-26(33-27)10-9-24(32-25)23-15-21-16-35(7)34-28(21)20(3)29(23)40-18-39-8/h9-12,15-16,19,22H,13-14,17-18H2,1-8H3. The molecule has 218 valence electrons. The molecule has 1 saturated heterocycles. The van der Waals surface area contributed by atoms with E-state index in [1.54, 1.807) is 11.8 Å². The Labute approximate surface area is 241 Å². The van der Waals surface area contributed by atoms with Crippen LogP contribution in [0, 0.1) is 6.92 Å². The van der Waals surface area contributed by atoms with Crippen molar-refractivity contribution in [1.29, 1.82) is 0 Å². The third-order valence-electron chi connectivity index (χ3n) is 7.26. The smallest absolute Gasteiger partial charge is 0.410 e. The first-order valence-corrected chi connectivity index (χ1v) is 14.1. The van der Waals surface area contributed by atoms with Crippen LogP contribution in [0.5, 0.6) is 5.75 Å². The van der Waals surface area contributed by atoms with Gasteiger partial charge in [-0.2, -0.15) is 5.10 Å². The summed E-state index contributed by atoms with van der Waals surface area (Å²) in [5, 5.41) is 5.62. The summed E-state index contributed by atoms with van der Waals surface area (Å²) < 4.78 is 18.7. The number of aromatic nitrogens is 4. The van der Waals surface area contributed by atoms with E-state index in [4.69, 9.17) is 24.2 Å². The Balaban J connectivity index is 1.41. The number of ether oxygens (including phenoxy) is 3. The van der Waals surface area contributed by atoms with Crippen LogP contribution in [0.2, 0.25) is 0 Å². The second-order valence-electron chi connectivity index (χ2n) is 11.9. The van der Waals surface area contributed by atoms with Gasteiger partial charge in [0.1, 0.15) is 17.2 Å². The first-order valence-electron chi connectivity index (χ1n) is 14.1. The molecule has 0 radical (unpaired) electrons. The molecule has 1 aromatic carbocycles. The number of amides is 1. The Morgan fingerprint density at radius 3 is 2.59 bits per heavy atom. The molecule has 1 fully saturated rings. The van der Waals surface area contributed by atoms with Crippen LogP contribution in [0.4, 0.5) is 10.6 Å². The van der Waals surface area contributed by atoms with E-state index < -0.39 is 5.60 Å². The molecule has 4 heterocycles. The SMILES string of the molecule is COCOc1c(-c2ccc3nc(N4CCC(N(C(=O)OC(C)(C)C)C(C)C)C4)ccc3n2)cc2cn(C)nc2c1C. The molecule has 10 heteroatoms. The monoisotopic (exact) mass is 560 g/mol. The summed E-state index contributed by atoms with van der Waals surface area (Å²) in [6, 6.07) is 10.1. The fourth-order valence-corrected chi connectivity index (χ4v) is 5.53. The Morgan fingerprint density at radius 1 is 1.15 bits per heavy atom. The van der Waals surface area contributed by atoms with Gasteiger partial charge in [-0.1, -0.05) is 0 Å². The molecule has 10 nitrogen and oxygen atoms in total. The van der Waals surface area contributed by atoms with Crippen molar-refractivity contribution >= 4 is 33.8 Å². The molecular weight excluding hydrogens is 520 g/mol. The van der Waals surface area contributed by atoms with Gasteiger partial charge in [-0.25, -0.2) is 14.8 Å². The van der Waals surface area contributed by atoms with Gasteiger partial charge in [0.15, 0.2) is 6.79 Å². The number of carbonyl (C=O) groups is 1. The summed E-state index contributed by atoms with van der Waals surface area (Å²) >= 11 is 0. The minimum absolute atomic E-state index is 0.0364. The Bertz CT molecular complexity index is 1570. The van der Waals surface area contributed by atoms with Crippen LogP contribution in [0.15, 0.2) is 36.5 Å². The Kier molecular flexibility index (Phi) is 7.78. The highest BCUT2D eigenvalue weighted by Gasteiger charge is 2.35. The molecule has 0 saturated carbocycles. The van der Waals surface area contributed by atoms with Crippen molar-refractivity contribution in [2.45, 2.75) is 65.6 Å². The van der Waals surface area contributed by atoms with E-state index in [9.17, 15) is 4.79 Å². The Hall–Kier alpha value is -3.92. The maximum Gasteiger partial charge on any atom is 0.410 e. The zero-order chi connectivity index (χ0) is 29.5. The zero-order valence-corrected chi connectivity index (χ0v) is 25.3. The molecule has 1 amide bonds. The van der Waals surface area contributed by atoms with Crippen LogP contribution in [-0.2, 0) is 16.5 Å². The third-order valence-corrected chi connectivity index (χ3v) is 7.26. The number of pyridine rings is 2. The second kappa shape index (κ2) is 11.2. The van der Waals surface area contributed by atoms with Crippen molar-refractivity contribution in [3.8, 4) is 17.0 Å². The van der Waals surface area contributed by atoms with Gasteiger partial charge >= 0.3 is 6.09 Å². The van der Waals surface area contributed by atoms with Crippen molar-refractivity contribution in [1.82, 2.24) is 24.6 Å². The van der Waals surface area contributed by atoms with Gasteiger partial charge in [-0.05, 0) is 78.3 Å². The predicted molar refractivity (Wildman–Crippen MR) is 160 cm³/mol. The van der Waals surface area contributed by atoms with E-state index in [1.807, 2.05) is 84.0 Å². The summed E-state index contributed by atoms with van der Waals surface area (Å²) in [6.07, 6.45) is 2.58. The number of carbonyl (C=O) groups excluding carboxylic acids is 1. The summed E-state index contributed by atoms with van der Waals surface area (Å²) in [5.74, 6) is 1.58. The molecule has 0 bridgehead atoms. The fraction of sp³-hybridized carbons (Fsp3) is 0.484. The van der Waals surface area contributed by atoms with Gasteiger partial charge in [0.25, 0.3) is 0 Å². The van der Waals surface area contributed by atoms with Gasteiger partial charge in [0.2, 0.25) is 0 Å². The fourth-order valence-electron chi connectivity index (χ4n) is 5.53. The third kappa shape index (κ3) is 5.93. The van der Waals surface area contributed by atoms with Gasteiger partial charge in [0.05, 0.1) is 28.3 Å². The topological polar surface area (TPSA) is 94.8 Å². The number of hydrogen-bond donors (Lipinski definition) is 0. The lowest BCUT2D eigenvalue weighted by atomic mass is 10.0. The van der Waals surface area contributed by atoms with Crippen LogP contribution >= 0.6 is 0 Å². The second-order valence-corrected chi connectivity index (χ2v) is 11.9. The number of hydrogen-bond acceptors (Lipinski definition) is 8. The molecule has 1 unspecified atom stereocenters. The lowest BCUT2D eigenvalue weighted by molar-refractivity contribution is 0.0107. The predicted octanol–water partition coefficient (Wildman–Crippen LogP) is 5.70. The van der Waals surface area contributed by atoms with Crippen molar-refractivity contribution in [3.63, 3.8) is 0 Å². The Morgan fingerprint density at radius 2 is 1.88 bits per heavy atom. The molecule has 41 heavy (non-hydrogen) atoms. The lowest BCUT2D eigenvalue weighted by Gasteiger charge is -2.34. The lowest BCUT2D eigenvalue weighted by Crippen LogP contribution is -2.48. The van der Waals surface area contributed by atoms with Crippen LogP contribution in [0.1, 0.15) is 46.6 Å². The summed E-state index contributed by atoms with van der Waals surface area (Å²) in [5.41, 5.74) is 4.56. The van der Waals surface area contributed by atoms with Gasteiger partial charge in [-0.3, -0.25) is 4.68 Å². The minimum atomic E-state index is -0.534. The first-order chi connectivity index (χ1) is 19.4. The number of nitrogens with zero attached hydrogens (tertiary/aromatic N) is 6. The molecule has 0 spiro atoms. The molecule has 1 aliphatic rings. The van der Waals surface area contributed by atoms with Crippen LogP contribution in [0.3, 0.4) is 0 Å². The number of rotatable bonds is 7. The highest BCUT2D eigenvalue weighted by atomic mass is 16.7. The molecule has 1 atom stereocenters. The van der Waals surface area contributed by atoms with Crippen LogP contribution < -0.4 is 9.64 Å². The van der Waals surface area contributed by atoms with Crippen LogP contribution in [-0.4, -0.2) is 75.4 Å². The zero-order valence-electron chi connectivity index (χ0n) is 25.3. The number of fused-ring (bicyclic) bond motifs is 2. The average Bonchev–Trinajstić information content (AvgIpc) is 3.53. The van der Waals surface area contributed by atoms with E-state index in [-0.39, 0.29) is 25.0 Å². The highest BCUT2D eigenvalue weighted by molar-refractivity contribution is 5.92. The van der Waals surface area contributed by atoms with Crippen molar-refractivity contribution in [2.75, 3.05) is 31.9 Å². The molecule has 4 aromatic rings. The van der Waals surface area contributed by atoms with Gasteiger partial charge in [0, 0.05) is 56.0 Å². The molecule has 0 aliphatic carbocycles. The first kappa shape index (κ1) is 28.6. The van der Waals surface area contributed by atoms with E-state index >= 15 is 0 Å². The number of methoxy groups -OCH3 is 1. The normalized spacial score (nSPS) is 15.7. The molecule has 1 aliphatic heterocycles. The van der Waals surface area contributed by atoms with Crippen molar-refractivity contribution in [3.05, 3.63) is 42.1 Å². The molecule has 0 N–H and O–H groups in total. The van der Waals surface area contributed by atoms with E-state index in [0.29, 0.717) is 12.3 Å². The average molecular weight is 561 g/mol. The summed E-state index contributed by atoms with van der Waals surface area (Å²) in [6.45, 7) is 13.4. The quantitative estimate of drug-likeness (QED) is 0.266. The van der Waals surface area contributed by atoms with Gasteiger partial charge < -0.3 is 24.0 Å². The summed E-state index contributed by atoms with van der Waals surface area (Å²) in [4.78, 5) is 27.0. The van der Waals surface area contributed by atoms with E-state index in [1.165, 1.54) is 0 Å². The molecule has 3 aromatic heterocycles. The minimum Gasteiger partial charge on any atom is -0.466 e. The van der Waals surface area contributed by atoms with Crippen LogP contribution in [0.25, 0.3) is 33.2 Å². The highest BCUT2D eigenvalue weighted by Crippen LogP contribution is 2.38. The summed E-state index contributed by atoms with van der Waals surface area (Å²) in [7, 11) is 3.51. The molecule has 5 rings (SSSR count). The maximum absolute atomic E-state index is 13.0. The van der Waals surface area contributed by atoms with Crippen molar-refractivity contribution < 1.29 is 19.0 Å². The maximum atomic E-state index is 13.0. The van der Waals surface area contributed by atoms with E-state index in [0.717, 1.165) is 57.5 Å². The number of aryl methyl sites for hydroxylation is 2. The van der Waals surface area contributed by atoms with Gasteiger partial charge in [-0.15, -0.1) is 0 Å². The number of benzene rings is 1. The largest absolute Gasteiger partial charge is 0.466 e. The number of anilines is 1.